The molecule has 0 bridgehead atoms. The SMILES string of the molecule is O=C(/C=C/c1cccc([N+](=O)[O-])c1)Oc1cc(Cl)cc(Cl)c1. The van der Waals surface area contributed by atoms with Crippen molar-refractivity contribution in [3.8, 4) is 5.75 Å². The summed E-state index contributed by atoms with van der Waals surface area (Å²) in [6, 6.07) is 10.3. The van der Waals surface area contributed by atoms with Crippen molar-refractivity contribution in [2.75, 3.05) is 0 Å². The summed E-state index contributed by atoms with van der Waals surface area (Å²) in [5.74, 6) is -0.434. The van der Waals surface area contributed by atoms with Gasteiger partial charge in [-0.15, -0.1) is 0 Å². The maximum Gasteiger partial charge on any atom is 0.336 e. The van der Waals surface area contributed by atoms with Gasteiger partial charge in [-0.1, -0.05) is 35.3 Å². The Kier molecular flexibility index (Phi) is 5.14. The van der Waals surface area contributed by atoms with E-state index in [1.165, 1.54) is 42.5 Å². The van der Waals surface area contributed by atoms with Gasteiger partial charge in [0.1, 0.15) is 5.75 Å². The third-order valence-corrected chi connectivity index (χ3v) is 2.98. The number of nitro benzene ring substituents is 1. The van der Waals surface area contributed by atoms with Crippen molar-refractivity contribution >= 4 is 40.9 Å². The number of nitro groups is 1. The molecule has 0 saturated heterocycles. The number of ether oxygens (including phenoxy) is 1. The summed E-state index contributed by atoms with van der Waals surface area (Å²) in [7, 11) is 0. The van der Waals surface area contributed by atoms with E-state index in [1.54, 1.807) is 6.07 Å². The van der Waals surface area contributed by atoms with Crippen molar-refractivity contribution in [2.45, 2.75) is 0 Å². The fourth-order valence-electron chi connectivity index (χ4n) is 1.64. The summed E-state index contributed by atoms with van der Waals surface area (Å²) in [6.45, 7) is 0. The lowest BCUT2D eigenvalue weighted by molar-refractivity contribution is -0.384. The van der Waals surface area contributed by atoms with E-state index in [9.17, 15) is 14.9 Å². The molecular weight excluding hydrogens is 329 g/mol. The summed E-state index contributed by atoms with van der Waals surface area (Å²) < 4.78 is 5.05. The topological polar surface area (TPSA) is 69.4 Å². The van der Waals surface area contributed by atoms with Gasteiger partial charge in [0.15, 0.2) is 0 Å². The number of carbonyl (C=O) groups is 1. The first kappa shape index (κ1) is 16.0. The van der Waals surface area contributed by atoms with Gasteiger partial charge in [-0.3, -0.25) is 10.1 Å². The van der Waals surface area contributed by atoms with Crippen LogP contribution >= 0.6 is 23.2 Å². The van der Waals surface area contributed by atoms with Gasteiger partial charge in [-0.25, -0.2) is 4.79 Å². The molecule has 0 amide bonds. The first-order valence-corrected chi connectivity index (χ1v) is 6.80. The lowest BCUT2D eigenvalue weighted by atomic mass is 10.2. The zero-order valence-electron chi connectivity index (χ0n) is 11.0. The van der Waals surface area contributed by atoms with Gasteiger partial charge in [0, 0.05) is 28.3 Å². The van der Waals surface area contributed by atoms with Crippen LogP contribution in [0.15, 0.2) is 48.5 Å². The predicted octanol–water partition coefficient (Wildman–Crippen LogP) is 4.52. The monoisotopic (exact) mass is 337 g/mol. The highest BCUT2D eigenvalue weighted by molar-refractivity contribution is 6.34. The fraction of sp³-hybridized carbons (Fsp3) is 0. The molecule has 0 aliphatic heterocycles. The second kappa shape index (κ2) is 7.06. The summed E-state index contributed by atoms with van der Waals surface area (Å²) in [5, 5.41) is 11.4. The minimum Gasteiger partial charge on any atom is -0.423 e. The molecule has 0 saturated carbocycles. The molecule has 2 rings (SSSR count). The Morgan fingerprint density at radius 3 is 2.45 bits per heavy atom. The molecule has 0 aromatic heterocycles. The molecule has 0 atom stereocenters. The highest BCUT2D eigenvalue weighted by Crippen LogP contribution is 2.24. The third-order valence-electron chi connectivity index (χ3n) is 2.55. The van der Waals surface area contributed by atoms with E-state index in [-0.39, 0.29) is 11.4 Å². The van der Waals surface area contributed by atoms with Gasteiger partial charge in [0.25, 0.3) is 5.69 Å². The molecule has 2 aromatic carbocycles. The summed E-state index contributed by atoms with van der Waals surface area (Å²) in [5.41, 5.74) is 0.451. The van der Waals surface area contributed by atoms with Crippen molar-refractivity contribution in [1.82, 2.24) is 0 Å². The molecule has 0 radical (unpaired) electrons. The summed E-state index contributed by atoms with van der Waals surface area (Å²) in [4.78, 5) is 21.8. The van der Waals surface area contributed by atoms with Crippen LogP contribution in [0.25, 0.3) is 6.08 Å². The van der Waals surface area contributed by atoms with Crippen LogP contribution in [0, 0.1) is 10.1 Å². The molecule has 7 heteroatoms. The maximum absolute atomic E-state index is 11.7. The predicted molar refractivity (Wildman–Crippen MR) is 84.2 cm³/mol. The van der Waals surface area contributed by atoms with Gasteiger partial charge in [0.2, 0.25) is 0 Å². The van der Waals surface area contributed by atoms with E-state index in [1.807, 2.05) is 0 Å². The number of rotatable bonds is 4. The number of carbonyl (C=O) groups excluding carboxylic acids is 1. The second-order valence-electron chi connectivity index (χ2n) is 4.21. The van der Waals surface area contributed by atoms with Crippen LogP contribution < -0.4 is 4.74 Å². The smallest absolute Gasteiger partial charge is 0.336 e. The molecule has 0 fully saturated rings. The van der Waals surface area contributed by atoms with Crippen LogP contribution in [0.2, 0.25) is 10.0 Å². The minimum absolute atomic E-state index is 0.0582. The average Bonchev–Trinajstić information content (AvgIpc) is 2.44. The number of hydrogen-bond acceptors (Lipinski definition) is 4. The minimum atomic E-state index is -0.648. The van der Waals surface area contributed by atoms with Gasteiger partial charge < -0.3 is 4.74 Å². The average molecular weight is 338 g/mol. The van der Waals surface area contributed by atoms with Gasteiger partial charge >= 0.3 is 5.97 Å². The molecule has 112 valence electrons. The molecule has 0 unspecified atom stereocenters. The Hall–Kier alpha value is -2.37. The lowest BCUT2D eigenvalue weighted by Crippen LogP contribution is -2.03. The van der Waals surface area contributed by atoms with Crippen LogP contribution in [-0.4, -0.2) is 10.9 Å². The van der Waals surface area contributed by atoms with Gasteiger partial charge in [-0.2, -0.15) is 0 Å². The van der Waals surface area contributed by atoms with E-state index >= 15 is 0 Å². The zero-order chi connectivity index (χ0) is 16.1. The lowest BCUT2D eigenvalue weighted by Gasteiger charge is -2.02. The molecule has 0 aliphatic carbocycles. The molecule has 0 spiro atoms. The van der Waals surface area contributed by atoms with Crippen LogP contribution in [-0.2, 0) is 4.79 Å². The number of esters is 1. The summed E-state index contributed by atoms with van der Waals surface area (Å²) in [6.07, 6.45) is 2.58. The molecule has 2 aromatic rings. The van der Waals surface area contributed by atoms with Crippen LogP contribution in [0.1, 0.15) is 5.56 Å². The first-order valence-electron chi connectivity index (χ1n) is 6.04. The fourth-order valence-corrected chi connectivity index (χ4v) is 2.15. The number of hydrogen-bond donors (Lipinski definition) is 0. The zero-order valence-corrected chi connectivity index (χ0v) is 12.5. The molecule has 0 heterocycles. The van der Waals surface area contributed by atoms with Crippen molar-refractivity contribution in [3.63, 3.8) is 0 Å². The standard InChI is InChI=1S/C15H9Cl2NO4/c16-11-7-12(17)9-14(8-11)22-15(19)5-4-10-2-1-3-13(6-10)18(20)21/h1-9H/b5-4+. The number of benzene rings is 2. The maximum atomic E-state index is 11.7. The molecule has 0 aliphatic rings. The molecule has 0 N–H and O–H groups in total. The van der Waals surface area contributed by atoms with Crippen molar-refractivity contribution < 1.29 is 14.5 Å². The quantitative estimate of drug-likeness (QED) is 0.270. The van der Waals surface area contributed by atoms with E-state index in [2.05, 4.69) is 0 Å². The van der Waals surface area contributed by atoms with E-state index in [4.69, 9.17) is 27.9 Å². The van der Waals surface area contributed by atoms with Crippen LogP contribution in [0.3, 0.4) is 0 Å². The van der Waals surface area contributed by atoms with Crippen molar-refractivity contribution in [1.29, 1.82) is 0 Å². The van der Waals surface area contributed by atoms with Gasteiger partial charge in [-0.05, 0) is 29.8 Å². The molecular formula is C15H9Cl2NO4. The highest BCUT2D eigenvalue weighted by atomic mass is 35.5. The Balaban J connectivity index is 2.08. The third kappa shape index (κ3) is 4.58. The molecule has 22 heavy (non-hydrogen) atoms. The number of halogens is 2. The highest BCUT2D eigenvalue weighted by Gasteiger charge is 2.06. The van der Waals surface area contributed by atoms with Crippen molar-refractivity contribution in [2.24, 2.45) is 0 Å². The Bertz CT molecular complexity index is 739. The largest absolute Gasteiger partial charge is 0.423 e. The first-order chi connectivity index (χ1) is 10.4. The van der Waals surface area contributed by atoms with E-state index in [0.29, 0.717) is 15.6 Å². The normalized spacial score (nSPS) is 10.6. The Morgan fingerprint density at radius 1 is 1.14 bits per heavy atom. The van der Waals surface area contributed by atoms with E-state index in [0.717, 1.165) is 6.08 Å². The second-order valence-corrected chi connectivity index (χ2v) is 5.08. The van der Waals surface area contributed by atoms with Crippen LogP contribution in [0.5, 0.6) is 5.75 Å². The number of nitrogens with zero attached hydrogens (tertiary/aromatic N) is 1. The summed E-state index contributed by atoms with van der Waals surface area (Å²) >= 11 is 11.6. The Morgan fingerprint density at radius 2 is 1.82 bits per heavy atom. The van der Waals surface area contributed by atoms with Crippen LogP contribution in [0.4, 0.5) is 5.69 Å². The van der Waals surface area contributed by atoms with Gasteiger partial charge in [0.05, 0.1) is 4.92 Å². The van der Waals surface area contributed by atoms with E-state index < -0.39 is 10.9 Å². The van der Waals surface area contributed by atoms with Crippen molar-refractivity contribution in [3.05, 3.63) is 74.3 Å². The number of non-ortho nitro benzene ring substituents is 1. The Labute approximate surface area is 135 Å². The molecule has 5 nitrogen and oxygen atoms in total.